The monoisotopic (exact) mass is 341 g/mol. The Labute approximate surface area is 145 Å². The topological polar surface area (TPSA) is 97.4 Å². The Balaban J connectivity index is 1.94. The molecular weight excluding hydrogens is 322 g/mol. The van der Waals surface area contributed by atoms with E-state index in [1.54, 1.807) is 12.1 Å². The predicted octanol–water partition coefficient (Wildman–Crippen LogP) is 1.16. The average molecular weight is 341 g/mol. The molecule has 1 heterocycles. The summed E-state index contributed by atoms with van der Waals surface area (Å²) in [6.07, 6.45) is 1.46. The lowest BCUT2D eigenvalue weighted by molar-refractivity contribution is -0.141. The summed E-state index contributed by atoms with van der Waals surface area (Å²) in [5.74, 6) is -1.46. The number of aromatic nitrogens is 1. The lowest BCUT2D eigenvalue weighted by Crippen LogP contribution is -2.46. The highest BCUT2D eigenvalue weighted by atomic mass is 16.5. The largest absolute Gasteiger partial charge is 0.468 e. The molecule has 0 aliphatic rings. The summed E-state index contributed by atoms with van der Waals surface area (Å²) in [5.41, 5.74) is 2.04. The Morgan fingerprint density at radius 1 is 1.12 bits per heavy atom. The standard InChI is InChI=1S/C18H19N3O4/c1-12(17(23)20-11-16(22)25-2)21-18(24)14-8-9-15(19-10-14)13-6-4-3-5-7-13/h3-10,12H,11H2,1-2H3,(H,20,23)(H,21,24)/t12-/m0/s1. The van der Waals surface area contributed by atoms with Crippen LogP contribution in [0.15, 0.2) is 48.7 Å². The van der Waals surface area contributed by atoms with Gasteiger partial charge in [0, 0.05) is 11.8 Å². The predicted molar refractivity (Wildman–Crippen MR) is 91.6 cm³/mol. The number of nitrogens with zero attached hydrogens (tertiary/aromatic N) is 1. The van der Waals surface area contributed by atoms with Crippen LogP contribution < -0.4 is 10.6 Å². The molecule has 0 bridgehead atoms. The first-order valence-electron chi connectivity index (χ1n) is 7.68. The van der Waals surface area contributed by atoms with Crippen molar-refractivity contribution in [2.24, 2.45) is 0 Å². The number of benzene rings is 1. The van der Waals surface area contributed by atoms with Gasteiger partial charge in [-0.3, -0.25) is 19.4 Å². The van der Waals surface area contributed by atoms with Crippen LogP contribution in [0.1, 0.15) is 17.3 Å². The van der Waals surface area contributed by atoms with Crippen LogP contribution in [0.3, 0.4) is 0 Å². The maximum absolute atomic E-state index is 12.2. The van der Waals surface area contributed by atoms with Crippen LogP contribution in [-0.2, 0) is 14.3 Å². The number of methoxy groups -OCH3 is 1. The summed E-state index contributed by atoms with van der Waals surface area (Å²) in [4.78, 5) is 39.3. The highest BCUT2D eigenvalue weighted by Gasteiger charge is 2.17. The van der Waals surface area contributed by atoms with Crippen molar-refractivity contribution in [1.29, 1.82) is 0 Å². The van der Waals surface area contributed by atoms with Gasteiger partial charge in [-0.2, -0.15) is 0 Å². The summed E-state index contributed by atoms with van der Waals surface area (Å²) in [7, 11) is 1.23. The zero-order valence-electron chi connectivity index (χ0n) is 14.0. The van der Waals surface area contributed by atoms with Gasteiger partial charge in [0.25, 0.3) is 5.91 Å². The number of amides is 2. The third-order valence-corrected chi connectivity index (χ3v) is 3.47. The molecule has 1 aromatic heterocycles. The summed E-state index contributed by atoms with van der Waals surface area (Å²) in [6.45, 7) is 1.28. The second-order valence-electron chi connectivity index (χ2n) is 5.29. The number of hydrogen-bond acceptors (Lipinski definition) is 5. The number of carbonyl (C=O) groups excluding carboxylic acids is 3. The Hall–Kier alpha value is -3.22. The van der Waals surface area contributed by atoms with Gasteiger partial charge in [-0.05, 0) is 19.1 Å². The molecule has 2 N–H and O–H groups in total. The molecule has 1 aromatic carbocycles. The molecule has 0 aliphatic heterocycles. The lowest BCUT2D eigenvalue weighted by Gasteiger charge is -2.13. The van der Waals surface area contributed by atoms with Gasteiger partial charge in [-0.15, -0.1) is 0 Å². The van der Waals surface area contributed by atoms with Crippen LogP contribution in [0.5, 0.6) is 0 Å². The van der Waals surface area contributed by atoms with Crippen LogP contribution in [0, 0.1) is 0 Å². The minimum absolute atomic E-state index is 0.247. The molecule has 0 unspecified atom stereocenters. The molecule has 0 radical (unpaired) electrons. The van der Waals surface area contributed by atoms with E-state index in [-0.39, 0.29) is 6.54 Å². The van der Waals surface area contributed by atoms with Crippen LogP contribution >= 0.6 is 0 Å². The van der Waals surface area contributed by atoms with E-state index in [4.69, 9.17) is 0 Å². The van der Waals surface area contributed by atoms with Gasteiger partial charge in [0.1, 0.15) is 12.6 Å². The third-order valence-electron chi connectivity index (χ3n) is 3.47. The molecule has 2 rings (SSSR count). The second-order valence-corrected chi connectivity index (χ2v) is 5.29. The molecule has 0 saturated heterocycles. The molecule has 7 heteroatoms. The van der Waals surface area contributed by atoms with Crippen LogP contribution in [-0.4, -0.2) is 42.5 Å². The second kappa shape index (κ2) is 8.58. The van der Waals surface area contributed by atoms with Crippen molar-refractivity contribution >= 4 is 17.8 Å². The van der Waals surface area contributed by atoms with Crippen molar-refractivity contribution in [2.45, 2.75) is 13.0 Å². The van der Waals surface area contributed by atoms with Gasteiger partial charge in [-0.25, -0.2) is 0 Å². The molecule has 0 spiro atoms. The fraction of sp³-hybridized carbons (Fsp3) is 0.222. The first-order chi connectivity index (χ1) is 12.0. The fourth-order valence-corrected chi connectivity index (χ4v) is 2.04. The SMILES string of the molecule is COC(=O)CNC(=O)[C@H](C)NC(=O)c1ccc(-c2ccccc2)nc1. The molecule has 0 saturated carbocycles. The van der Waals surface area contributed by atoms with Crippen LogP contribution in [0.4, 0.5) is 0 Å². The van der Waals surface area contributed by atoms with Crippen LogP contribution in [0.25, 0.3) is 11.3 Å². The van der Waals surface area contributed by atoms with E-state index in [2.05, 4.69) is 20.4 Å². The van der Waals surface area contributed by atoms with E-state index in [1.807, 2.05) is 30.3 Å². The van der Waals surface area contributed by atoms with Gasteiger partial charge in [0.15, 0.2) is 0 Å². The van der Waals surface area contributed by atoms with E-state index in [9.17, 15) is 14.4 Å². The van der Waals surface area contributed by atoms with Gasteiger partial charge in [-0.1, -0.05) is 30.3 Å². The Morgan fingerprint density at radius 3 is 2.44 bits per heavy atom. The summed E-state index contributed by atoms with van der Waals surface area (Å²) in [5, 5.41) is 4.93. The molecule has 0 fully saturated rings. The van der Waals surface area contributed by atoms with E-state index in [0.717, 1.165) is 11.3 Å². The number of ether oxygens (including phenoxy) is 1. The highest BCUT2D eigenvalue weighted by Crippen LogP contribution is 2.16. The molecule has 2 aromatic rings. The first-order valence-corrected chi connectivity index (χ1v) is 7.68. The smallest absolute Gasteiger partial charge is 0.325 e. The third kappa shape index (κ3) is 5.13. The molecule has 2 amide bonds. The highest BCUT2D eigenvalue weighted by molar-refractivity contribution is 5.97. The number of rotatable bonds is 6. The van der Waals surface area contributed by atoms with Crippen LogP contribution in [0.2, 0.25) is 0 Å². The number of carbonyl (C=O) groups is 3. The van der Waals surface area contributed by atoms with Gasteiger partial charge < -0.3 is 15.4 Å². The van der Waals surface area contributed by atoms with E-state index in [1.165, 1.54) is 20.2 Å². The Morgan fingerprint density at radius 2 is 1.84 bits per heavy atom. The molecule has 7 nitrogen and oxygen atoms in total. The maximum atomic E-state index is 12.2. The summed E-state index contributed by atoms with van der Waals surface area (Å²) >= 11 is 0. The van der Waals surface area contributed by atoms with Crippen molar-refractivity contribution in [1.82, 2.24) is 15.6 Å². The van der Waals surface area contributed by atoms with Crippen molar-refractivity contribution in [3.63, 3.8) is 0 Å². The molecular formula is C18H19N3O4. The average Bonchev–Trinajstić information content (AvgIpc) is 2.66. The molecule has 25 heavy (non-hydrogen) atoms. The quantitative estimate of drug-likeness (QED) is 0.769. The minimum Gasteiger partial charge on any atom is -0.468 e. The Bertz CT molecular complexity index is 745. The van der Waals surface area contributed by atoms with Gasteiger partial charge >= 0.3 is 5.97 Å². The van der Waals surface area contributed by atoms with Crippen molar-refractivity contribution in [2.75, 3.05) is 13.7 Å². The summed E-state index contributed by atoms with van der Waals surface area (Å²) < 4.78 is 4.43. The van der Waals surface area contributed by atoms with Gasteiger partial charge in [0.05, 0.1) is 18.4 Å². The number of hydrogen-bond donors (Lipinski definition) is 2. The molecule has 1 atom stereocenters. The minimum atomic E-state index is -0.800. The van der Waals surface area contributed by atoms with E-state index in [0.29, 0.717) is 5.56 Å². The fourth-order valence-electron chi connectivity index (χ4n) is 2.04. The number of nitrogens with one attached hydrogen (secondary N) is 2. The van der Waals surface area contributed by atoms with E-state index < -0.39 is 23.8 Å². The zero-order valence-corrected chi connectivity index (χ0v) is 14.0. The molecule has 130 valence electrons. The molecule has 0 aliphatic carbocycles. The number of esters is 1. The zero-order chi connectivity index (χ0) is 18.2. The summed E-state index contributed by atoms with van der Waals surface area (Å²) in [6, 6.07) is 12.2. The van der Waals surface area contributed by atoms with E-state index >= 15 is 0 Å². The van der Waals surface area contributed by atoms with Crippen molar-refractivity contribution in [3.8, 4) is 11.3 Å². The Kier molecular flexibility index (Phi) is 6.22. The van der Waals surface area contributed by atoms with Crippen molar-refractivity contribution in [3.05, 3.63) is 54.2 Å². The lowest BCUT2D eigenvalue weighted by atomic mass is 10.1. The maximum Gasteiger partial charge on any atom is 0.325 e. The number of pyridine rings is 1. The van der Waals surface area contributed by atoms with Crippen molar-refractivity contribution < 1.29 is 19.1 Å². The normalized spacial score (nSPS) is 11.3. The van der Waals surface area contributed by atoms with Gasteiger partial charge in [0.2, 0.25) is 5.91 Å². The first kappa shape index (κ1) is 18.1.